The molecule has 0 spiro atoms. The Morgan fingerprint density at radius 2 is 1.91 bits per heavy atom. The van der Waals surface area contributed by atoms with E-state index in [0.29, 0.717) is 6.61 Å². The maximum Gasteiger partial charge on any atom is 0.240 e. The molecule has 1 aromatic rings. The molecular weight excluding hydrogens is 314 g/mol. The van der Waals surface area contributed by atoms with Crippen molar-refractivity contribution in [3.63, 3.8) is 0 Å². The summed E-state index contributed by atoms with van der Waals surface area (Å²) < 4.78 is 32.7. The Bertz CT molecular complexity index is 582. The summed E-state index contributed by atoms with van der Waals surface area (Å²) in [6, 6.07) is 4.92. The lowest BCUT2D eigenvalue weighted by Gasteiger charge is -2.16. The highest BCUT2D eigenvalue weighted by molar-refractivity contribution is 7.89. The van der Waals surface area contributed by atoms with Crippen molar-refractivity contribution in [1.82, 2.24) is 4.72 Å². The summed E-state index contributed by atoms with van der Waals surface area (Å²) in [5, 5.41) is 9.24. The van der Waals surface area contributed by atoms with Crippen LogP contribution in [0.25, 0.3) is 0 Å². The van der Waals surface area contributed by atoms with Crippen molar-refractivity contribution in [2.45, 2.75) is 63.9 Å². The van der Waals surface area contributed by atoms with Gasteiger partial charge in [0.1, 0.15) is 5.75 Å². The van der Waals surface area contributed by atoms with E-state index in [-0.39, 0.29) is 17.4 Å². The normalized spacial score (nSPS) is 13.3. The van der Waals surface area contributed by atoms with Crippen molar-refractivity contribution in [1.29, 1.82) is 0 Å². The highest BCUT2D eigenvalue weighted by atomic mass is 32.2. The van der Waals surface area contributed by atoms with E-state index in [9.17, 15) is 13.5 Å². The van der Waals surface area contributed by atoms with Crippen molar-refractivity contribution in [3.05, 3.63) is 23.8 Å². The second kappa shape index (κ2) is 9.25. The summed E-state index contributed by atoms with van der Waals surface area (Å²) in [5.41, 5.74) is 0.876. The van der Waals surface area contributed by atoms with Gasteiger partial charge in [-0.05, 0) is 43.0 Å². The zero-order valence-electron chi connectivity index (χ0n) is 14.5. The van der Waals surface area contributed by atoms with Gasteiger partial charge in [-0.2, -0.15) is 0 Å². The molecule has 1 aromatic carbocycles. The fourth-order valence-electron chi connectivity index (χ4n) is 2.12. The SMILES string of the molecule is CCCCCOc1ccc(S(=O)(=O)NCC(C)O)cc1C(C)C. The number of ether oxygens (including phenoxy) is 1. The smallest absolute Gasteiger partial charge is 0.240 e. The van der Waals surface area contributed by atoms with Crippen molar-refractivity contribution in [3.8, 4) is 5.75 Å². The average Bonchev–Trinajstić information content (AvgIpc) is 2.49. The minimum Gasteiger partial charge on any atom is -0.493 e. The Kier molecular flexibility index (Phi) is 8.02. The summed E-state index contributed by atoms with van der Waals surface area (Å²) >= 11 is 0. The van der Waals surface area contributed by atoms with Crippen LogP contribution in [0.2, 0.25) is 0 Å². The van der Waals surface area contributed by atoms with Crippen LogP contribution in [0.3, 0.4) is 0 Å². The molecule has 0 saturated heterocycles. The zero-order valence-corrected chi connectivity index (χ0v) is 15.3. The lowest BCUT2D eigenvalue weighted by molar-refractivity contribution is 0.198. The topological polar surface area (TPSA) is 75.6 Å². The molecule has 1 unspecified atom stereocenters. The second-order valence-electron chi connectivity index (χ2n) is 6.11. The number of sulfonamides is 1. The van der Waals surface area contributed by atoms with Crippen LogP contribution in [0.4, 0.5) is 0 Å². The fraction of sp³-hybridized carbons (Fsp3) is 0.647. The highest BCUT2D eigenvalue weighted by Crippen LogP contribution is 2.29. The number of hydrogen-bond donors (Lipinski definition) is 2. The Morgan fingerprint density at radius 1 is 1.22 bits per heavy atom. The molecule has 0 aliphatic rings. The molecule has 132 valence electrons. The zero-order chi connectivity index (χ0) is 17.5. The Morgan fingerprint density at radius 3 is 2.48 bits per heavy atom. The largest absolute Gasteiger partial charge is 0.493 e. The molecule has 5 nitrogen and oxygen atoms in total. The van der Waals surface area contributed by atoms with Crippen LogP contribution in [0.1, 0.15) is 58.4 Å². The van der Waals surface area contributed by atoms with Crippen LogP contribution in [-0.4, -0.2) is 32.8 Å². The van der Waals surface area contributed by atoms with Crippen LogP contribution in [0.15, 0.2) is 23.1 Å². The molecular formula is C17H29NO4S. The van der Waals surface area contributed by atoms with Gasteiger partial charge in [0.15, 0.2) is 0 Å². The van der Waals surface area contributed by atoms with E-state index in [4.69, 9.17) is 4.74 Å². The van der Waals surface area contributed by atoms with E-state index in [1.807, 2.05) is 13.8 Å². The summed E-state index contributed by atoms with van der Waals surface area (Å²) in [7, 11) is -3.62. The average molecular weight is 343 g/mol. The van der Waals surface area contributed by atoms with Crippen LogP contribution in [0.5, 0.6) is 5.75 Å². The van der Waals surface area contributed by atoms with E-state index in [1.54, 1.807) is 18.2 Å². The summed E-state index contributed by atoms with van der Waals surface area (Å²) in [6.07, 6.45) is 2.51. The molecule has 0 bridgehead atoms. The maximum absolute atomic E-state index is 12.3. The van der Waals surface area contributed by atoms with Crippen molar-refractivity contribution >= 4 is 10.0 Å². The first-order valence-corrected chi connectivity index (χ1v) is 9.70. The lowest BCUT2D eigenvalue weighted by Crippen LogP contribution is -2.30. The quantitative estimate of drug-likeness (QED) is 0.640. The number of benzene rings is 1. The molecule has 0 amide bonds. The second-order valence-corrected chi connectivity index (χ2v) is 7.88. The Hall–Kier alpha value is -1.11. The van der Waals surface area contributed by atoms with Crippen LogP contribution < -0.4 is 9.46 Å². The van der Waals surface area contributed by atoms with Gasteiger partial charge in [-0.15, -0.1) is 0 Å². The number of rotatable bonds is 10. The van der Waals surface area contributed by atoms with Gasteiger partial charge in [0.05, 0.1) is 17.6 Å². The van der Waals surface area contributed by atoms with E-state index in [2.05, 4.69) is 11.6 Å². The van der Waals surface area contributed by atoms with Gasteiger partial charge in [0.25, 0.3) is 0 Å². The number of unbranched alkanes of at least 4 members (excludes halogenated alkanes) is 2. The fourth-order valence-corrected chi connectivity index (χ4v) is 3.28. The van der Waals surface area contributed by atoms with Gasteiger partial charge in [-0.3, -0.25) is 0 Å². The molecule has 0 radical (unpaired) electrons. The molecule has 23 heavy (non-hydrogen) atoms. The number of nitrogens with one attached hydrogen (secondary N) is 1. The maximum atomic E-state index is 12.3. The van der Waals surface area contributed by atoms with Gasteiger partial charge < -0.3 is 9.84 Å². The Labute approximate surface area is 140 Å². The molecule has 1 atom stereocenters. The van der Waals surface area contributed by atoms with Gasteiger partial charge in [0, 0.05) is 6.54 Å². The van der Waals surface area contributed by atoms with E-state index < -0.39 is 16.1 Å². The molecule has 2 N–H and O–H groups in total. The number of hydrogen-bond acceptors (Lipinski definition) is 4. The number of aliphatic hydroxyl groups excluding tert-OH is 1. The Balaban J connectivity index is 2.94. The monoisotopic (exact) mass is 343 g/mol. The molecule has 0 heterocycles. The van der Waals surface area contributed by atoms with Gasteiger partial charge in [0.2, 0.25) is 10.0 Å². The van der Waals surface area contributed by atoms with E-state index >= 15 is 0 Å². The first-order valence-electron chi connectivity index (χ1n) is 8.22. The van der Waals surface area contributed by atoms with E-state index in [0.717, 1.165) is 30.6 Å². The molecule has 0 fully saturated rings. The molecule has 0 saturated carbocycles. The summed E-state index contributed by atoms with van der Waals surface area (Å²) in [6.45, 7) is 8.32. The standard InChI is InChI=1S/C17H29NO4S/c1-5-6-7-10-22-17-9-8-15(11-16(17)13(2)3)23(20,21)18-12-14(4)19/h8-9,11,13-14,18-19H,5-7,10,12H2,1-4H3. The summed E-state index contributed by atoms with van der Waals surface area (Å²) in [4.78, 5) is 0.197. The van der Waals surface area contributed by atoms with Gasteiger partial charge in [-0.25, -0.2) is 13.1 Å². The highest BCUT2D eigenvalue weighted by Gasteiger charge is 2.18. The van der Waals surface area contributed by atoms with Gasteiger partial charge >= 0.3 is 0 Å². The molecule has 6 heteroatoms. The van der Waals surface area contributed by atoms with Crippen LogP contribution >= 0.6 is 0 Å². The number of aliphatic hydroxyl groups is 1. The van der Waals surface area contributed by atoms with Crippen molar-refractivity contribution in [2.75, 3.05) is 13.2 Å². The minimum absolute atomic E-state index is 0.00534. The van der Waals surface area contributed by atoms with E-state index in [1.165, 1.54) is 6.92 Å². The predicted octanol–water partition coefficient (Wildman–Crippen LogP) is 3.04. The third-order valence-electron chi connectivity index (χ3n) is 3.49. The third kappa shape index (κ3) is 6.49. The van der Waals surface area contributed by atoms with Crippen LogP contribution in [-0.2, 0) is 10.0 Å². The van der Waals surface area contributed by atoms with Crippen molar-refractivity contribution in [2.24, 2.45) is 0 Å². The van der Waals surface area contributed by atoms with Gasteiger partial charge in [-0.1, -0.05) is 33.6 Å². The first-order chi connectivity index (χ1) is 10.8. The first kappa shape index (κ1) is 19.9. The summed E-state index contributed by atoms with van der Waals surface area (Å²) in [5.74, 6) is 0.897. The van der Waals surface area contributed by atoms with Crippen molar-refractivity contribution < 1.29 is 18.3 Å². The third-order valence-corrected chi connectivity index (χ3v) is 4.91. The minimum atomic E-state index is -3.62. The molecule has 0 aliphatic heterocycles. The molecule has 0 aliphatic carbocycles. The molecule has 1 rings (SSSR count). The van der Waals surface area contributed by atoms with Crippen LogP contribution in [0, 0.1) is 0 Å². The molecule has 0 aromatic heterocycles. The predicted molar refractivity (Wildman–Crippen MR) is 92.4 cm³/mol. The lowest BCUT2D eigenvalue weighted by atomic mass is 10.0.